The van der Waals surface area contributed by atoms with Gasteiger partial charge in [0.25, 0.3) is 5.56 Å². The van der Waals surface area contributed by atoms with E-state index in [4.69, 9.17) is 11.6 Å². The molecule has 12 nitrogen and oxygen atoms in total. The van der Waals surface area contributed by atoms with Gasteiger partial charge in [-0.2, -0.15) is 8.42 Å². The first-order valence-corrected chi connectivity index (χ1v) is 15.4. The highest BCUT2D eigenvalue weighted by atomic mass is 35.5. The summed E-state index contributed by atoms with van der Waals surface area (Å²) in [6, 6.07) is 3.34. The molecule has 1 aromatic carbocycles. The molecule has 0 spiro atoms. The molecule has 0 amide bonds. The number of imidazole rings is 1. The summed E-state index contributed by atoms with van der Waals surface area (Å²) in [7, 11) is -1.17. The molecule has 42 heavy (non-hydrogen) atoms. The van der Waals surface area contributed by atoms with E-state index < -0.39 is 33.8 Å². The quantitative estimate of drug-likeness (QED) is 0.240. The van der Waals surface area contributed by atoms with Crippen molar-refractivity contribution in [2.45, 2.75) is 53.0 Å². The predicted octanol–water partition coefficient (Wildman–Crippen LogP) is 0.262. The van der Waals surface area contributed by atoms with E-state index in [0.717, 1.165) is 15.7 Å². The molecule has 1 fully saturated rings. The number of fused-ring (bicyclic) bond motifs is 1. The van der Waals surface area contributed by atoms with Crippen LogP contribution in [-0.4, -0.2) is 103 Å². The van der Waals surface area contributed by atoms with Gasteiger partial charge in [-0.25, -0.2) is 9.78 Å². The van der Waals surface area contributed by atoms with E-state index in [9.17, 15) is 28.2 Å². The Kier molecular flexibility index (Phi) is 10.1. The van der Waals surface area contributed by atoms with Crippen LogP contribution in [0.3, 0.4) is 0 Å². The molecule has 2 aromatic heterocycles. The molecule has 0 radical (unpaired) electrons. The normalized spacial score (nSPS) is 16.3. The monoisotopic (exact) mass is 622 g/mol. The number of aliphatic hydroxyl groups excluding tert-OH is 2. The number of hydrogen-bond acceptors (Lipinski definition) is 9. The maximum absolute atomic E-state index is 12.9. The molecule has 1 aliphatic heterocycles. The van der Waals surface area contributed by atoms with Crippen LogP contribution in [0.25, 0.3) is 11.2 Å². The van der Waals surface area contributed by atoms with Crippen molar-refractivity contribution in [2.24, 2.45) is 13.0 Å². The lowest BCUT2D eigenvalue weighted by atomic mass is 10.0. The molecule has 2 unspecified atom stereocenters. The standard InChI is InChI=1S/C28H39ClN6O6S/c1-17(2)12-35-26-24(27(38)31(5)28(35)39)34(16-30-26)14-21(36)13-32-6-8-33(9-7-32)15-22(37)25(42(40)41)20-10-18(3)23(29)19(4)11-20/h10-11,16-17,21-22,36-37H,6-9,12-15H2,1-5H3. The first kappa shape index (κ1) is 32.1. The third kappa shape index (κ3) is 6.87. The van der Waals surface area contributed by atoms with Crippen molar-refractivity contribution >= 4 is 37.9 Å². The number of β-amino-alcohol motifs (C(OH)–C–C–N with tert-alkyl or cyclic N) is 2. The van der Waals surface area contributed by atoms with Crippen molar-refractivity contribution in [3.63, 3.8) is 0 Å². The van der Waals surface area contributed by atoms with Gasteiger partial charge >= 0.3 is 5.69 Å². The van der Waals surface area contributed by atoms with Gasteiger partial charge in [-0.1, -0.05) is 25.4 Å². The zero-order valence-electron chi connectivity index (χ0n) is 24.6. The number of aromatic nitrogens is 4. The fraction of sp³-hybridized carbons (Fsp3) is 0.571. The van der Waals surface area contributed by atoms with Crippen LogP contribution < -0.4 is 11.2 Å². The van der Waals surface area contributed by atoms with Gasteiger partial charge in [0.15, 0.2) is 11.2 Å². The van der Waals surface area contributed by atoms with Crippen LogP contribution in [-0.2, 0) is 30.4 Å². The first-order chi connectivity index (χ1) is 19.8. The maximum Gasteiger partial charge on any atom is 0.332 e. The number of rotatable bonds is 10. The lowest BCUT2D eigenvalue weighted by molar-refractivity contribution is 0.0548. The summed E-state index contributed by atoms with van der Waals surface area (Å²) in [6.45, 7) is 11.0. The summed E-state index contributed by atoms with van der Waals surface area (Å²) in [4.78, 5) is 33.9. The molecule has 2 atom stereocenters. The van der Waals surface area contributed by atoms with Crippen molar-refractivity contribution in [1.82, 2.24) is 28.5 Å². The third-order valence-corrected chi connectivity index (χ3v) is 9.09. The zero-order valence-corrected chi connectivity index (χ0v) is 26.2. The molecule has 4 rings (SSSR count). The second-order valence-corrected chi connectivity index (χ2v) is 12.8. The van der Waals surface area contributed by atoms with Gasteiger partial charge in [0, 0.05) is 57.9 Å². The highest BCUT2D eigenvalue weighted by Gasteiger charge is 2.26. The Morgan fingerprint density at radius 1 is 0.976 bits per heavy atom. The van der Waals surface area contributed by atoms with Gasteiger partial charge in [-0.3, -0.25) is 23.7 Å². The van der Waals surface area contributed by atoms with E-state index in [2.05, 4.69) is 9.88 Å². The topological polar surface area (TPSA) is 143 Å². The van der Waals surface area contributed by atoms with Gasteiger partial charge in [0.05, 0.1) is 19.0 Å². The van der Waals surface area contributed by atoms with E-state index in [0.29, 0.717) is 55.5 Å². The SMILES string of the molecule is Cc1cc(C(C(O)CN2CCN(CC(O)Cn3cnc4c3c(=O)n(C)c(=O)n4CC(C)C)CC2)=S(=O)=O)cc(C)c1Cl. The van der Waals surface area contributed by atoms with E-state index >= 15 is 0 Å². The smallest absolute Gasteiger partial charge is 0.332 e. The highest BCUT2D eigenvalue weighted by Crippen LogP contribution is 2.23. The Hall–Kier alpha value is -2.81. The van der Waals surface area contributed by atoms with Crippen LogP contribution in [0.1, 0.15) is 30.5 Å². The number of halogens is 1. The Balaban J connectivity index is 1.38. The van der Waals surface area contributed by atoms with Crippen LogP contribution >= 0.6 is 11.6 Å². The van der Waals surface area contributed by atoms with Crippen molar-refractivity contribution < 1.29 is 18.6 Å². The molecule has 1 aliphatic rings. The first-order valence-electron chi connectivity index (χ1n) is 14.0. The summed E-state index contributed by atoms with van der Waals surface area (Å²) >= 11 is 6.24. The zero-order chi connectivity index (χ0) is 30.9. The molecule has 2 N–H and O–H groups in total. The Bertz CT molecular complexity index is 1690. The van der Waals surface area contributed by atoms with Crippen LogP contribution in [0.2, 0.25) is 5.02 Å². The lowest BCUT2D eigenvalue weighted by Gasteiger charge is -2.36. The number of nitrogens with zero attached hydrogens (tertiary/aromatic N) is 6. The average molecular weight is 623 g/mol. The van der Waals surface area contributed by atoms with Crippen LogP contribution in [0.5, 0.6) is 0 Å². The van der Waals surface area contributed by atoms with Crippen molar-refractivity contribution in [3.8, 4) is 0 Å². The molecular formula is C28H39ClN6O6S. The summed E-state index contributed by atoms with van der Waals surface area (Å²) in [6.07, 6.45) is -0.512. The summed E-state index contributed by atoms with van der Waals surface area (Å²) in [5, 5.41) is 22.4. The number of piperazine rings is 1. The lowest BCUT2D eigenvalue weighted by Crippen LogP contribution is -2.51. The van der Waals surface area contributed by atoms with Crippen LogP contribution in [0, 0.1) is 19.8 Å². The van der Waals surface area contributed by atoms with Crippen molar-refractivity contribution in [2.75, 3.05) is 39.3 Å². The van der Waals surface area contributed by atoms with Crippen molar-refractivity contribution in [1.29, 1.82) is 0 Å². The molecule has 14 heteroatoms. The third-order valence-electron chi connectivity index (χ3n) is 7.62. The summed E-state index contributed by atoms with van der Waals surface area (Å²) in [5.74, 6) is 0.177. The maximum atomic E-state index is 12.9. The second kappa shape index (κ2) is 13.2. The molecule has 1 saturated heterocycles. The van der Waals surface area contributed by atoms with E-state index in [1.165, 1.54) is 17.9 Å². The van der Waals surface area contributed by atoms with Gasteiger partial charge < -0.3 is 14.8 Å². The Morgan fingerprint density at radius 3 is 2.10 bits per heavy atom. The molecule has 230 valence electrons. The minimum absolute atomic E-state index is 0.0618. The molecule has 0 saturated carbocycles. The Morgan fingerprint density at radius 2 is 1.55 bits per heavy atom. The van der Waals surface area contributed by atoms with Gasteiger partial charge in [-0.15, -0.1) is 0 Å². The number of hydrogen-bond donors (Lipinski definition) is 2. The number of benzene rings is 1. The molecule has 0 bridgehead atoms. The molecular weight excluding hydrogens is 584 g/mol. The summed E-state index contributed by atoms with van der Waals surface area (Å²) < 4.78 is 28.3. The molecule has 3 aromatic rings. The van der Waals surface area contributed by atoms with E-state index in [1.54, 1.807) is 30.5 Å². The van der Waals surface area contributed by atoms with Crippen LogP contribution in [0.15, 0.2) is 28.0 Å². The van der Waals surface area contributed by atoms with Gasteiger partial charge in [0.1, 0.15) is 11.0 Å². The van der Waals surface area contributed by atoms with Crippen molar-refractivity contribution in [3.05, 3.63) is 61.0 Å². The molecule has 0 aliphatic carbocycles. The largest absolute Gasteiger partial charge is 0.390 e. The fourth-order valence-corrected chi connectivity index (χ4v) is 6.24. The summed E-state index contributed by atoms with van der Waals surface area (Å²) in [5.41, 5.74) is 1.64. The fourth-order valence-electron chi connectivity index (χ4n) is 5.53. The molecule has 3 heterocycles. The van der Waals surface area contributed by atoms with Crippen LogP contribution in [0.4, 0.5) is 0 Å². The van der Waals surface area contributed by atoms with E-state index in [-0.39, 0.29) is 29.4 Å². The van der Waals surface area contributed by atoms with Gasteiger partial charge in [0.2, 0.25) is 10.3 Å². The average Bonchev–Trinajstić information content (AvgIpc) is 3.32. The highest BCUT2D eigenvalue weighted by molar-refractivity contribution is 7.73. The Labute approximate surface area is 250 Å². The minimum atomic E-state index is -2.61. The number of aliphatic hydroxyl groups is 2. The van der Waals surface area contributed by atoms with Gasteiger partial charge in [-0.05, 0) is 48.6 Å². The second-order valence-electron chi connectivity index (χ2n) is 11.5. The number of aryl methyl sites for hydroxylation is 2. The van der Waals surface area contributed by atoms with E-state index in [1.807, 2.05) is 18.7 Å². The predicted molar refractivity (Wildman–Crippen MR) is 163 cm³/mol. The minimum Gasteiger partial charge on any atom is -0.390 e.